The second-order valence-electron chi connectivity index (χ2n) is 7.20. The van der Waals surface area contributed by atoms with Crippen LogP contribution in [0.2, 0.25) is 0 Å². The molecule has 0 aliphatic rings. The number of aryl methyl sites for hydroxylation is 1. The molecular weight excluding hydrogens is 445 g/mol. The van der Waals surface area contributed by atoms with Gasteiger partial charge in [-0.25, -0.2) is 4.79 Å². The van der Waals surface area contributed by atoms with Crippen molar-refractivity contribution in [1.29, 1.82) is 0 Å². The smallest absolute Gasteiger partial charge is 0.416 e. The second kappa shape index (κ2) is 11.0. The van der Waals surface area contributed by atoms with E-state index in [1.165, 1.54) is 17.0 Å². The Labute approximate surface area is 189 Å². The highest BCUT2D eigenvalue weighted by atomic mass is 32.2. The molecule has 2 aromatic rings. The zero-order valence-corrected chi connectivity index (χ0v) is 19.4. The molecular formula is C23H25F3O3S2. The van der Waals surface area contributed by atoms with Crippen molar-refractivity contribution in [3.05, 3.63) is 69.6 Å². The Balaban J connectivity index is 2.01. The number of thioether (sulfide) groups is 2. The zero-order chi connectivity index (χ0) is 23.2. The first kappa shape index (κ1) is 25.2. The van der Waals surface area contributed by atoms with Crippen LogP contribution < -0.4 is 4.74 Å². The van der Waals surface area contributed by atoms with E-state index < -0.39 is 17.7 Å². The normalized spacial score (nSPS) is 12.4. The average molecular weight is 471 g/mol. The lowest BCUT2D eigenvalue weighted by Crippen LogP contribution is -2.10. The Kier molecular flexibility index (Phi) is 8.94. The van der Waals surface area contributed by atoms with Crippen LogP contribution in [-0.4, -0.2) is 23.4 Å². The summed E-state index contributed by atoms with van der Waals surface area (Å²) in [7, 11) is 0. The molecule has 0 amide bonds. The summed E-state index contributed by atoms with van der Waals surface area (Å²) in [5, 5.41) is 8.75. The number of allylic oxidation sites excluding steroid dienone is 1. The Bertz CT molecular complexity index is 934. The van der Waals surface area contributed by atoms with E-state index in [0.717, 1.165) is 39.5 Å². The molecule has 0 bridgehead atoms. The van der Waals surface area contributed by atoms with Gasteiger partial charge in [0.1, 0.15) is 5.75 Å². The number of carboxylic acids is 1. The fraction of sp³-hybridized carbons (Fsp3) is 0.348. The van der Waals surface area contributed by atoms with Crippen molar-refractivity contribution >= 4 is 29.5 Å². The van der Waals surface area contributed by atoms with Gasteiger partial charge in [-0.05, 0) is 74.1 Å². The van der Waals surface area contributed by atoms with Crippen LogP contribution in [0.15, 0.2) is 57.8 Å². The van der Waals surface area contributed by atoms with E-state index in [1.807, 2.05) is 39.8 Å². The number of aliphatic carboxylic acids is 1. The lowest BCUT2D eigenvalue weighted by atomic mass is 10.1. The molecule has 0 saturated carbocycles. The fourth-order valence-corrected chi connectivity index (χ4v) is 5.10. The van der Waals surface area contributed by atoms with Gasteiger partial charge in [0.2, 0.25) is 0 Å². The van der Waals surface area contributed by atoms with Crippen LogP contribution in [0.25, 0.3) is 0 Å². The fourth-order valence-electron chi connectivity index (χ4n) is 2.68. The standard InChI is InChI=1S/C23H25F3O3S2/c1-14(2)21(31-16(4)17-5-7-18(8-6-17)23(24,25)26)13-30-19-9-10-20(15(3)11-19)29-12-22(27)28/h5-11,16H,12-13H2,1-4H3,(H,27,28). The molecule has 1 unspecified atom stereocenters. The van der Waals surface area contributed by atoms with Gasteiger partial charge in [-0.1, -0.05) is 17.7 Å². The van der Waals surface area contributed by atoms with Crippen LogP contribution in [0.3, 0.4) is 0 Å². The molecule has 0 heterocycles. The maximum Gasteiger partial charge on any atom is 0.416 e. The predicted molar refractivity (Wildman–Crippen MR) is 121 cm³/mol. The van der Waals surface area contributed by atoms with Crippen LogP contribution in [-0.2, 0) is 11.0 Å². The SMILES string of the molecule is CC(C)=C(CSc1ccc(OCC(=O)O)c(C)c1)SC(C)c1ccc(C(F)(F)F)cc1. The monoisotopic (exact) mass is 470 g/mol. The highest BCUT2D eigenvalue weighted by Gasteiger charge is 2.30. The summed E-state index contributed by atoms with van der Waals surface area (Å²) in [6.07, 6.45) is -4.33. The third-order valence-electron chi connectivity index (χ3n) is 4.45. The summed E-state index contributed by atoms with van der Waals surface area (Å²) in [4.78, 5) is 12.9. The van der Waals surface area contributed by atoms with Crippen LogP contribution >= 0.6 is 23.5 Å². The first-order valence-electron chi connectivity index (χ1n) is 9.55. The van der Waals surface area contributed by atoms with Crippen molar-refractivity contribution < 1.29 is 27.8 Å². The molecule has 1 N–H and O–H groups in total. The van der Waals surface area contributed by atoms with Gasteiger partial charge in [0.05, 0.1) is 5.56 Å². The van der Waals surface area contributed by atoms with Crippen LogP contribution in [0.5, 0.6) is 5.75 Å². The van der Waals surface area contributed by atoms with Crippen molar-refractivity contribution in [2.75, 3.05) is 12.4 Å². The summed E-state index contributed by atoms with van der Waals surface area (Å²) in [5.74, 6) is 0.247. The first-order valence-corrected chi connectivity index (χ1v) is 11.4. The molecule has 0 spiro atoms. The first-order chi connectivity index (χ1) is 14.5. The van der Waals surface area contributed by atoms with Gasteiger partial charge >= 0.3 is 12.1 Å². The topological polar surface area (TPSA) is 46.5 Å². The van der Waals surface area contributed by atoms with Gasteiger partial charge in [-0.2, -0.15) is 13.2 Å². The summed E-state index contributed by atoms with van der Waals surface area (Å²) in [5.41, 5.74) is 2.22. The van der Waals surface area contributed by atoms with E-state index in [4.69, 9.17) is 9.84 Å². The lowest BCUT2D eigenvalue weighted by molar-refractivity contribution is -0.139. The highest BCUT2D eigenvalue weighted by molar-refractivity contribution is 8.06. The molecule has 31 heavy (non-hydrogen) atoms. The van der Waals surface area contributed by atoms with Crippen LogP contribution in [0.1, 0.15) is 42.7 Å². The number of alkyl halides is 3. The molecule has 168 valence electrons. The Hall–Kier alpha value is -2.06. The van der Waals surface area contributed by atoms with Crippen molar-refractivity contribution in [1.82, 2.24) is 0 Å². The molecule has 2 aromatic carbocycles. The minimum absolute atomic E-state index is 0.0151. The predicted octanol–water partition coefficient (Wildman–Crippen LogP) is 7.36. The van der Waals surface area contributed by atoms with E-state index in [-0.39, 0.29) is 11.9 Å². The molecule has 0 aliphatic carbocycles. The average Bonchev–Trinajstić information content (AvgIpc) is 2.69. The summed E-state index contributed by atoms with van der Waals surface area (Å²) < 4.78 is 43.6. The van der Waals surface area contributed by atoms with E-state index in [1.54, 1.807) is 29.6 Å². The van der Waals surface area contributed by atoms with E-state index in [9.17, 15) is 18.0 Å². The summed E-state index contributed by atoms with van der Waals surface area (Å²) in [6, 6.07) is 10.9. The number of carbonyl (C=O) groups is 1. The third-order valence-corrected chi connectivity index (χ3v) is 7.12. The quantitative estimate of drug-likeness (QED) is 0.388. The minimum Gasteiger partial charge on any atom is -0.482 e. The molecule has 0 aromatic heterocycles. The maximum atomic E-state index is 12.8. The number of benzene rings is 2. The Morgan fingerprint density at radius 2 is 1.77 bits per heavy atom. The van der Waals surface area contributed by atoms with Gasteiger partial charge < -0.3 is 9.84 Å². The van der Waals surface area contributed by atoms with Crippen molar-refractivity contribution in [3.8, 4) is 5.75 Å². The number of hydrogen-bond acceptors (Lipinski definition) is 4. The lowest BCUT2D eigenvalue weighted by Gasteiger charge is -2.17. The Morgan fingerprint density at radius 3 is 2.29 bits per heavy atom. The number of rotatable bonds is 9. The Morgan fingerprint density at radius 1 is 1.13 bits per heavy atom. The third kappa shape index (κ3) is 7.85. The van der Waals surface area contributed by atoms with Crippen LogP contribution in [0.4, 0.5) is 13.2 Å². The number of carboxylic acid groups (broad SMARTS) is 1. The number of ether oxygens (including phenoxy) is 1. The zero-order valence-electron chi connectivity index (χ0n) is 17.7. The van der Waals surface area contributed by atoms with Crippen molar-refractivity contribution in [3.63, 3.8) is 0 Å². The van der Waals surface area contributed by atoms with Gasteiger partial charge in [0.15, 0.2) is 6.61 Å². The van der Waals surface area contributed by atoms with E-state index in [0.29, 0.717) is 5.75 Å². The maximum absolute atomic E-state index is 12.8. The number of hydrogen-bond donors (Lipinski definition) is 1. The van der Waals surface area contributed by atoms with Crippen molar-refractivity contribution in [2.45, 2.75) is 44.0 Å². The van der Waals surface area contributed by atoms with E-state index >= 15 is 0 Å². The van der Waals surface area contributed by atoms with Gasteiger partial charge in [-0.3, -0.25) is 0 Å². The molecule has 0 fully saturated rings. The molecule has 0 saturated heterocycles. The molecule has 1 atom stereocenters. The molecule has 0 radical (unpaired) electrons. The van der Waals surface area contributed by atoms with Crippen LogP contribution in [0, 0.1) is 6.92 Å². The molecule has 3 nitrogen and oxygen atoms in total. The second-order valence-corrected chi connectivity index (χ2v) is 9.69. The minimum atomic E-state index is -4.33. The van der Waals surface area contributed by atoms with Gasteiger partial charge in [0, 0.05) is 15.9 Å². The van der Waals surface area contributed by atoms with Crippen molar-refractivity contribution in [2.24, 2.45) is 0 Å². The summed E-state index contributed by atoms with van der Waals surface area (Å²) in [6.45, 7) is 7.52. The highest BCUT2D eigenvalue weighted by Crippen LogP contribution is 2.39. The van der Waals surface area contributed by atoms with Gasteiger partial charge in [-0.15, -0.1) is 23.5 Å². The van der Waals surface area contributed by atoms with Gasteiger partial charge in [0.25, 0.3) is 0 Å². The largest absolute Gasteiger partial charge is 0.482 e. The molecule has 2 rings (SSSR count). The molecule has 8 heteroatoms. The summed E-state index contributed by atoms with van der Waals surface area (Å²) >= 11 is 3.29. The molecule has 0 aliphatic heterocycles. The van der Waals surface area contributed by atoms with E-state index in [2.05, 4.69) is 0 Å². The number of halogens is 3.